The topological polar surface area (TPSA) is 9.23 Å². The predicted molar refractivity (Wildman–Crippen MR) is 85.5 cm³/mol. The molecule has 0 bridgehead atoms. The summed E-state index contributed by atoms with van der Waals surface area (Å²) in [4.78, 5) is 0. The first-order valence-corrected chi connectivity index (χ1v) is 8.30. The van der Waals surface area contributed by atoms with E-state index < -0.39 is 0 Å². The third kappa shape index (κ3) is 4.47. The fraction of sp³-hybridized carbons (Fsp3) is 0.529. The SMILES string of the molecule is COCc1ccc(C=C(CBr)C2CCCCC2)cc1. The van der Waals surface area contributed by atoms with Crippen molar-refractivity contribution in [2.75, 3.05) is 12.4 Å². The van der Waals surface area contributed by atoms with Gasteiger partial charge in [0.2, 0.25) is 0 Å². The fourth-order valence-corrected chi connectivity index (χ4v) is 3.45. The molecule has 1 aliphatic carbocycles. The smallest absolute Gasteiger partial charge is 0.0713 e. The van der Waals surface area contributed by atoms with Crippen molar-refractivity contribution in [2.24, 2.45) is 5.92 Å². The largest absolute Gasteiger partial charge is 0.380 e. The van der Waals surface area contributed by atoms with E-state index in [4.69, 9.17) is 4.74 Å². The van der Waals surface area contributed by atoms with Gasteiger partial charge in [0.25, 0.3) is 0 Å². The van der Waals surface area contributed by atoms with Gasteiger partial charge in [0.05, 0.1) is 6.61 Å². The molecule has 1 saturated carbocycles. The van der Waals surface area contributed by atoms with Crippen LogP contribution < -0.4 is 0 Å². The number of halogens is 1. The van der Waals surface area contributed by atoms with E-state index in [-0.39, 0.29) is 0 Å². The monoisotopic (exact) mass is 322 g/mol. The summed E-state index contributed by atoms with van der Waals surface area (Å²) in [5.41, 5.74) is 4.09. The second-order valence-electron chi connectivity index (χ2n) is 5.36. The van der Waals surface area contributed by atoms with E-state index >= 15 is 0 Å². The summed E-state index contributed by atoms with van der Waals surface area (Å²) in [6, 6.07) is 8.70. The predicted octanol–water partition coefficient (Wildman–Crippen LogP) is 5.19. The highest BCUT2D eigenvalue weighted by atomic mass is 79.9. The summed E-state index contributed by atoms with van der Waals surface area (Å²) in [5, 5.41) is 0.998. The first-order valence-electron chi connectivity index (χ1n) is 7.18. The molecule has 104 valence electrons. The summed E-state index contributed by atoms with van der Waals surface area (Å²) in [7, 11) is 1.74. The minimum Gasteiger partial charge on any atom is -0.380 e. The molecule has 1 nitrogen and oxygen atoms in total. The number of ether oxygens (including phenoxy) is 1. The number of rotatable bonds is 5. The molecule has 0 atom stereocenters. The van der Waals surface area contributed by atoms with Crippen molar-refractivity contribution in [1.82, 2.24) is 0 Å². The van der Waals surface area contributed by atoms with Crippen LogP contribution in [-0.2, 0) is 11.3 Å². The molecule has 0 heterocycles. The number of methoxy groups -OCH3 is 1. The fourth-order valence-electron chi connectivity index (χ4n) is 2.83. The average molecular weight is 323 g/mol. The van der Waals surface area contributed by atoms with Gasteiger partial charge in [-0.15, -0.1) is 0 Å². The van der Waals surface area contributed by atoms with Crippen molar-refractivity contribution >= 4 is 22.0 Å². The molecule has 2 rings (SSSR count). The Morgan fingerprint density at radius 2 is 1.89 bits per heavy atom. The summed E-state index contributed by atoms with van der Waals surface area (Å²) in [6.45, 7) is 0.692. The molecule has 1 aromatic rings. The van der Waals surface area contributed by atoms with Crippen LogP contribution in [0.1, 0.15) is 43.2 Å². The molecule has 19 heavy (non-hydrogen) atoms. The van der Waals surface area contributed by atoms with Gasteiger partial charge in [-0.3, -0.25) is 0 Å². The van der Waals surface area contributed by atoms with Crippen LogP contribution in [0.5, 0.6) is 0 Å². The highest BCUT2D eigenvalue weighted by Gasteiger charge is 2.16. The lowest BCUT2D eigenvalue weighted by Crippen LogP contribution is -2.10. The van der Waals surface area contributed by atoms with E-state index in [9.17, 15) is 0 Å². The van der Waals surface area contributed by atoms with Crippen molar-refractivity contribution in [3.8, 4) is 0 Å². The van der Waals surface area contributed by atoms with Crippen molar-refractivity contribution < 1.29 is 4.74 Å². The van der Waals surface area contributed by atoms with Crippen LogP contribution in [0.4, 0.5) is 0 Å². The number of allylic oxidation sites excluding steroid dienone is 1. The normalized spacial score (nSPS) is 17.7. The minimum atomic E-state index is 0.692. The Kier molecular flexibility index (Phi) is 6.12. The number of hydrogen-bond acceptors (Lipinski definition) is 1. The van der Waals surface area contributed by atoms with Gasteiger partial charge < -0.3 is 4.74 Å². The zero-order chi connectivity index (χ0) is 13.5. The lowest BCUT2D eigenvalue weighted by atomic mass is 9.84. The summed E-state index contributed by atoms with van der Waals surface area (Å²) >= 11 is 3.66. The van der Waals surface area contributed by atoms with Crippen LogP contribution in [-0.4, -0.2) is 12.4 Å². The van der Waals surface area contributed by atoms with Gasteiger partial charge in [0, 0.05) is 12.4 Å². The van der Waals surface area contributed by atoms with Gasteiger partial charge in [-0.2, -0.15) is 0 Å². The standard InChI is InChI=1S/C17H23BrO/c1-19-13-15-9-7-14(8-10-15)11-17(12-18)16-5-3-2-4-6-16/h7-11,16H,2-6,12-13H2,1H3. The molecule has 0 aromatic heterocycles. The Hall–Kier alpha value is -0.600. The minimum absolute atomic E-state index is 0.692. The Balaban J connectivity index is 2.07. The van der Waals surface area contributed by atoms with E-state index in [1.807, 2.05) is 0 Å². The number of benzene rings is 1. The van der Waals surface area contributed by atoms with Crippen molar-refractivity contribution in [1.29, 1.82) is 0 Å². The highest BCUT2D eigenvalue weighted by Crippen LogP contribution is 2.31. The zero-order valence-corrected chi connectivity index (χ0v) is 13.3. The van der Waals surface area contributed by atoms with Gasteiger partial charge in [-0.05, 0) is 29.9 Å². The van der Waals surface area contributed by atoms with E-state index in [2.05, 4.69) is 46.3 Å². The quantitative estimate of drug-likeness (QED) is 0.678. The van der Waals surface area contributed by atoms with E-state index in [1.54, 1.807) is 12.7 Å². The highest BCUT2D eigenvalue weighted by molar-refractivity contribution is 9.09. The molecule has 0 aliphatic heterocycles. The van der Waals surface area contributed by atoms with Gasteiger partial charge in [-0.25, -0.2) is 0 Å². The first kappa shape index (κ1) is 14.8. The second kappa shape index (κ2) is 7.86. The first-order chi connectivity index (χ1) is 9.33. The number of hydrogen-bond donors (Lipinski definition) is 0. The maximum atomic E-state index is 5.14. The van der Waals surface area contributed by atoms with E-state index in [0.29, 0.717) is 6.61 Å². The molecule has 0 N–H and O–H groups in total. The molecule has 0 amide bonds. The van der Waals surface area contributed by atoms with Crippen LogP contribution in [0.2, 0.25) is 0 Å². The van der Waals surface area contributed by atoms with Crippen molar-refractivity contribution in [3.05, 3.63) is 41.0 Å². The molecule has 0 spiro atoms. The zero-order valence-electron chi connectivity index (χ0n) is 11.7. The lowest BCUT2D eigenvalue weighted by molar-refractivity contribution is 0.185. The molecule has 1 fully saturated rings. The Labute approximate surface area is 125 Å². The third-order valence-corrected chi connectivity index (χ3v) is 4.57. The molecular weight excluding hydrogens is 300 g/mol. The lowest BCUT2D eigenvalue weighted by Gasteiger charge is -2.23. The summed E-state index contributed by atoms with van der Waals surface area (Å²) < 4.78 is 5.14. The molecule has 1 aromatic carbocycles. The molecule has 0 unspecified atom stereocenters. The third-order valence-electron chi connectivity index (χ3n) is 3.93. The summed E-state index contributed by atoms with van der Waals surface area (Å²) in [5.74, 6) is 0.784. The van der Waals surface area contributed by atoms with Gasteiger partial charge in [0.15, 0.2) is 0 Å². The summed E-state index contributed by atoms with van der Waals surface area (Å²) in [6.07, 6.45) is 9.28. The molecule has 0 radical (unpaired) electrons. The van der Waals surface area contributed by atoms with E-state index in [1.165, 1.54) is 43.2 Å². The Morgan fingerprint density at radius 1 is 1.21 bits per heavy atom. The van der Waals surface area contributed by atoms with Gasteiger partial charge in [-0.1, -0.05) is 71.1 Å². The van der Waals surface area contributed by atoms with Crippen LogP contribution in [0.25, 0.3) is 6.08 Å². The van der Waals surface area contributed by atoms with Crippen LogP contribution in [0.3, 0.4) is 0 Å². The number of alkyl halides is 1. The second-order valence-corrected chi connectivity index (χ2v) is 5.92. The van der Waals surface area contributed by atoms with Gasteiger partial charge in [0.1, 0.15) is 0 Å². The Morgan fingerprint density at radius 3 is 2.47 bits per heavy atom. The maximum absolute atomic E-state index is 5.14. The maximum Gasteiger partial charge on any atom is 0.0713 e. The molecule has 0 saturated heterocycles. The van der Waals surface area contributed by atoms with Gasteiger partial charge >= 0.3 is 0 Å². The van der Waals surface area contributed by atoms with Crippen LogP contribution in [0.15, 0.2) is 29.8 Å². The molecule has 2 heteroatoms. The van der Waals surface area contributed by atoms with E-state index in [0.717, 1.165) is 11.2 Å². The van der Waals surface area contributed by atoms with Crippen LogP contribution in [0, 0.1) is 5.92 Å². The molecule has 1 aliphatic rings. The Bertz CT molecular complexity index is 402. The average Bonchev–Trinajstić information content (AvgIpc) is 2.48. The molecular formula is C17H23BrO. The van der Waals surface area contributed by atoms with Crippen molar-refractivity contribution in [2.45, 2.75) is 38.7 Å². The van der Waals surface area contributed by atoms with Crippen LogP contribution >= 0.6 is 15.9 Å². The van der Waals surface area contributed by atoms with Crippen molar-refractivity contribution in [3.63, 3.8) is 0 Å².